The molecular weight excluding hydrogens is 138 g/mol. The number of rotatable bonds is 1. The van der Waals surface area contributed by atoms with E-state index < -0.39 is 0 Å². The zero-order chi connectivity index (χ0) is 8.53. The number of hydrogen-bond acceptors (Lipinski definition) is 3. The van der Waals surface area contributed by atoms with Gasteiger partial charge in [0.05, 0.1) is 0 Å². The molecule has 62 valence electrons. The van der Waals surface area contributed by atoms with Gasteiger partial charge in [0, 0.05) is 18.8 Å². The number of nitrogen functional groups attached to an aromatic ring is 1. The Hall–Kier alpha value is -1.06. The predicted octanol–water partition coefficient (Wildman–Crippen LogP) is 0.173. The molecule has 1 aromatic carbocycles. The molecule has 0 spiro atoms. The summed E-state index contributed by atoms with van der Waals surface area (Å²) < 4.78 is 0. The van der Waals surface area contributed by atoms with Crippen LogP contribution in [0, 0.1) is 0 Å². The van der Waals surface area contributed by atoms with Gasteiger partial charge in [-0.1, -0.05) is 18.2 Å². The van der Waals surface area contributed by atoms with Crippen LogP contribution in [0.15, 0.2) is 30.3 Å². The third-order valence-corrected chi connectivity index (χ3v) is 0.966. The smallest absolute Gasteiger partial charge is 0.0313 e. The van der Waals surface area contributed by atoms with Gasteiger partial charge in [-0.2, -0.15) is 0 Å². The first-order valence-electron chi connectivity index (χ1n) is 3.52. The van der Waals surface area contributed by atoms with Gasteiger partial charge < -0.3 is 17.2 Å². The van der Waals surface area contributed by atoms with E-state index >= 15 is 0 Å². The molecule has 0 bridgehead atoms. The van der Waals surface area contributed by atoms with Gasteiger partial charge in [-0.25, -0.2) is 0 Å². The van der Waals surface area contributed by atoms with Crippen LogP contribution in [0.2, 0.25) is 0 Å². The van der Waals surface area contributed by atoms with Crippen molar-refractivity contribution in [1.29, 1.82) is 0 Å². The van der Waals surface area contributed by atoms with E-state index in [4.69, 9.17) is 17.2 Å². The Labute approximate surface area is 67.2 Å². The van der Waals surface area contributed by atoms with Crippen LogP contribution in [0.5, 0.6) is 0 Å². The zero-order valence-corrected chi connectivity index (χ0v) is 6.53. The van der Waals surface area contributed by atoms with E-state index in [-0.39, 0.29) is 0 Å². The van der Waals surface area contributed by atoms with Crippen molar-refractivity contribution in [2.45, 2.75) is 0 Å². The lowest BCUT2D eigenvalue weighted by Crippen LogP contribution is -2.11. The van der Waals surface area contributed by atoms with Gasteiger partial charge in [-0.3, -0.25) is 0 Å². The minimum atomic E-state index is 0.597. The fraction of sp³-hybridized carbons (Fsp3) is 0.250. The van der Waals surface area contributed by atoms with Crippen LogP contribution in [0.1, 0.15) is 0 Å². The van der Waals surface area contributed by atoms with Crippen molar-refractivity contribution in [1.82, 2.24) is 0 Å². The highest BCUT2D eigenvalue weighted by Gasteiger charge is 1.72. The molecule has 0 unspecified atom stereocenters. The van der Waals surface area contributed by atoms with Crippen molar-refractivity contribution in [2.24, 2.45) is 11.5 Å². The topological polar surface area (TPSA) is 78.1 Å². The van der Waals surface area contributed by atoms with Crippen LogP contribution >= 0.6 is 0 Å². The molecule has 0 aliphatic heterocycles. The molecule has 0 aliphatic rings. The molecule has 0 heterocycles. The Morgan fingerprint density at radius 3 is 1.55 bits per heavy atom. The lowest BCUT2D eigenvalue weighted by Gasteiger charge is -1.83. The van der Waals surface area contributed by atoms with E-state index in [0.29, 0.717) is 13.1 Å². The van der Waals surface area contributed by atoms with Crippen LogP contribution in [0.4, 0.5) is 5.69 Å². The molecular formula is C8H15N3. The second-order valence-corrected chi connectivity index (χ2v) is 1.99. The van der Waals surface area contributed by atoms with Crippen molar-refractivity contribution in [3.63, 3.8) is 0 Å². The Morgan fingerprint density at radius 2 is 1.36 bits per heavy atom. The zero-order valence-electron chi connectivity index (χ0n) is 6.53. The van der Waals surface area contributed by atoms with Gasteiger partial charge in [0.25, 0.3) is 0 Å². The molecule has 0 radical (unpaired) electrons. The third-order valence-electron chi connectivity index (χ3n) is 0.966. The lowest BCUT2D eigenvalue weighted by molar-refractivity contribution is 0.976. The summed E-state index contributed by atoms with van der Waals surface area (Å²) in [5.41, 5.74) is 16.0. The first kappa shape index (κ1) is 9.94. The van der Waals surface area contributed by atoms with Crippen LogP contribution in [0.3, 0.4) is 0 Å². The van der Waals surface area contributed by atoms with Gasteiger partial charge in [-0.05, 0) is 12.1 Å². The monoisotopic (exact) mass is 153 g/mol. The van der Waals surface area contributed by atoms with Crippen LogP contribution in [0.25, 0.3) is 0 Å². The average molecular weight is 153 g/mol. The average Bonchev–Trinajstić information content (AvgIpc) is 2.07. The summed E-state index contributed by atoms with van der Waals surface area (Å²) >= 11 is 0. The highest BCUT2D eigenvalue weighted by molar-refractivity contribution is 5.35. The Balaban J connectivity index is 0.000000218. The number of anilines is 1. The fourth-order valence-electron chi connectivity index (χ4n) is 0.453. The quantitative estimate of drug-likeness (QED) is 0.503. The second-order valence-electron chi connectivity index (χ2n) is 1.99. The Kier molecular flexibility index (Phi) is 6.37. The van der Waals surface area contributed by atoms with E-state index in [2.05, 4.69) is 0 Å². The van der Waals surface area contributed by atoms with E-state index in [0.717, 1.165) is 5.69 Å². The Bertz CT molecular complexity index is 160. The van der Waals surface area contributed by atoms with Gasteiger partial charge in [0.1, 0.15) is 0 Å². The number of benzene rings is 1. The van der Waals surface area contributed by atoms with Crippen molar-refractivity contribution in [3.8, 4) is 0 Å². The first-order chi connectivity index (χ1) is 5.31. The largest absolute Gasteiger partial charge is 0.399 e. The Morgan fingerprint density at radius 1 is 0.909 bits per heavy atom. The molecule has 6 N–H and O–H groups in total. The first-order valence-corrected chi connectivity index (χ1v) is 3.52. The molecule has 1 rings (SSSR count). The predicted molar refractivity (Wildman–Crippen MR) is 49.0 cm³/mol. The highest BCUT2D eigenvalue weighted by atomic mass is 14.6. The molecule has 0 saturated carbocycles. The summed E-state index contributed by atoms with van der Waals surface area (Å²) in [5.74, 6) is 0. The maximum absolute atomic E-state index is 5.36. The maximum atomic E-state index is 5.36. The third kappa shape index (κ3) is 6.83. The molecule has 0 saturated heterocycles. The summed E-state index contributed by atoms with van der Waals surface area (Å²) in [6, 6.07) is 9.49. The molecule has 0 aromatic heterocycles. The summed E-state index contributed by atoms with van der Waals surface area (Å²) in [6.07, 6.45) is 0. The van der Waals surface area contributed by atoms with E-state index in [9.17, 15) is 0 Å². The van der Waals surface area contributed by atoms with Crippen molar-refractivity contribution in [3.05, 3.63) is 30.3 Å². The molecule has 1 aromatic rings. The highest BCUT2D eigenvalue weighted by Crippen LogP contribution is 1.95. The SMILES string of the molecule is NCCN.Nc1ccccc1. The molecule has 3 heteroatoms. The normalized spacial score (nSPS) is 8.18. The van der Waals surface area contributed by atoms with Gasteiger partial charge >= 0.3 is 0 Å². The summed E-state index contributed by atoms with van der Waals surface area (Å²) in [5, 5.41) is 0. The van der Waals surface area contributed by atoms with Gasteiger partial charge in [-0.15, -0.1) is 0 Å². The molecule has 0 atom stereocenters. The van der Waals surface area contributed by atoms with Crippen molar-refractivity contribution >= 4 is 5.69 Å². The fourth-order valence-corrected chi connectivity index (χ4v) is 0.453. The summed E-state index contributed by atoms with van der Waals surface area (Å²) in [7, 11) is 0. The van der Waals surface area contributed by atoms with Crippen LogP contribution < -0.4 is 17.2 Å². The van der Waals surface area contributed by atoms with E-state index in [1.54, 1.807) is 0 Å². The van der Waals surface area contributed by atoms with E-state index in [1.807, 2.05) is 30.3 Å². The molecule has 0 amide bonds. The van der Waals surface area contributed by atoms with Gasteiger partial charge in [0.15, 0.2) is 0 Å². The van der Waals surface area contributed by atoms with Crippen LogP contribution in [-0.4, -0.2) is 13.1 Å². The van der Waals surface area contributed by atoms with E-state index in [1.165, 1.54) is 0 Å². The number of para-hydroxylation sites is 1. The number of hydrogen-bond donors (Lipinski definition) is 3. The van der Waals surface area contributed by atoms with Gasteiger partial charge in [0.2, 0.25) is 0 Å². The van der Waals surface area contributed by atoms with Crippen molar-refractivity contribution < 1.29 is 0 Å². The second kappa shape index (κ2) is 7.05. The molecule has 0 fully saturated rings. The standard InChI is InChI=1S/C6H7N.C2H8N2/c7-6-4-2-1-3-5-6;3-1-2-4/h1-5H,7H2;1-4H2. The minimum absolute atomic E-state index is 0.597. The molecule has 3 nitrogen and oxygen atoms in total. The maximum Gasteiger partial charge on any atom is 0.0313 e. The number of nitrogens with two attached hydrogens (primary N) is 3. The van der Waals surface area contributed by atoms with Crippen LogP contribution in [-0.2, 0) is 0 Å². The lowest BCUT2D eigenvalue weighted by atomic mass is 10.3. The van der Waals surface area contributed by atoms with Crippen molar-refractivity contribution in [2.75, 3.05) is 18.8 Å². The summed E-state index contributed by atoms with van der Waals surface area (Å²) in [4.78, 5) is 0. The molecule has 0 aliphatic carbocycles. The molecule has 11 heavy (non-hydrogen) atoms. The minimum Gasteiger partial charge on any atom is -0.399 e. The summed E-state index contributed by atoms with van der Waals surface area (Å²) in [6.45, 7) is 1.19.